The molecule has 1 atom stereocenters. The number of carbonyl (C=O) groups is 1. The Labute approximate surface area is 233 Å². The normalized spacial score (nSPS) is 15.8. The van der Waals surface area contributed by atoms with Crippen LogP contribution in [0.5, 0.6) is 11.5 Å². The zero-order valence-corrected chi connectivity index (χ0v) is 24.0. The molecule has 0 aliphatic carbocycles. The van der Waals surface area contributed by atoms with E-state index < -0.39 is 5.41 Å². The molecular formula is C31H42ClFN2O3. The number of unbranched alkanes of at least 4 members (excludes halogenated alkanes) is 3. The number of carbonyl (C=O) groups excluding carboxylic acids is 1. The lowest BCUT2D eigenvalue weighted by atomic mass is 9.69. The average molecular weight is 545 g/mol. The molecule has 0 N–H and O–H groups in total. The predicted molar refractivity (Wildman–Crippen MR) is 152 cm³/mol. The number of nitriles is 1. The first-order valence-electron chi connectivity index (χ1n) is 13.5. The number of ketones is 1. The van der Waals surface area contributed by atoms with Crippen LogP contribution >= 0.6 is 12.4 Å². The Morgan fingerprint density at radius 3 is 2.24 bits per heavy atom. The van der Waals surface area contributed by atoms with Gasteiger partial charge in [0.25, 0.3) is 0 Å². The third kappa shape index (κ3) is 7.71. The van der Waals surface area contributed by atoms with Crippen LogP contribution in [0.25, 0.3) is 0 Å². The summed E-state index contributed by atoms with van der Waals surface area (Å²) in [5.74, 6) is 1.37. The molecule has 0 saturated carbocycles. The number of hydrogen-bond acceptors (Lipinski definition) is 5. The van der Waals surface area contributed by atoms with E-state index in [2.05, 4.69) is 24.8 Å². The summed E-state index contributed by atoms with van der Waals surface area (Å²) in [4.78, 5) is 15.1. The lowest BCUT2D eigenvalue weighted by Crippen LogP contribution is -2.36. The van der Waals surface area contributed by atoms with E-state index in [-0.39, 0.29) is 35.8 Å². The van der Waals surface area contributed by atoms with Crippen LogP contribution < -0.4 is 9.47 Å². The Hall–Kier alpha value is -2.62. The smallest absolute Gasteiger partial charge is 0.166 e. The highest BCUT2D eigenvalue weighted by Gasteiger charge is 2.36. The molecule has 1 unspecified atom stereocenters. The van der Waals surface area contributed by atoms with Gasteiger partial charge < -0.3 is 14.4 Å². The van der Waals surface area contributed by atoms with E-state index in [4.69, 9.17) is 9.47 Å². The third-order valence-corrected chi connectivity index (χ3v) is 7.97. The molecule has 2 aromatic rings. The van der Waals surface area contributed by atoms with Crippen LogP contribution in [-0.2, 0) is 5.41 Å². The molecule has 5 nitrogen and oxygen atoms in total. The highest BCUT2D eigenvalue weighted by Crippen LogP contribution is 2.40. The minimum Gasteiger partial charge on any atom is -0.493 e. The largest absolute Gasteiger partial charge is 0.493 e. The van der Waals surface area contributed by atoms with Crippen LogP contribution in [0.2, 0.25) is 0 Å². The number of methoxy groups -OCH3 is 2. The van der Waals surface area contributed by atoms with Crippen LogP contribution in [0.15, 0.2) is 42.5 Å². The van der Waals surface area contributed by atoms with Crippen molar-refractivity contribution in [1.82, 2.24) is 4.90 Å². The monoisotopic (exact) mass is 544 g/mol. The molecule has 1 aliphatic heterocycles. The Morgan fingerprint density at radius 2 is 1.66 bits per heavy atom. The molecule has 1 heterocycles. The Kier molecular flexibility index (Phi) is 12.5. The van der Waals surface area contributed by atoms with Gasteiger partial charge in [-0.3, -0.25) is 4.79 Å². The summed E-state index contributed by atoms with van der Waals surface area (Å²) in [5, 5.41) is 10.2. The Bertz CT molecular complexity index is 1060. The molecule has 0 aromatic heterocycles. The van der Waals surface area contributed by atoms with Crippen LogP contribution in [0.1, 0.15) is 74.7 Å². The zero-order chi connectivity index (χ0) is 26.8. The number of halogens is 2. The maximum Gasteiger partial charge on any atom is 0.166 e. The molecule has 38 heavy (non-hydrogen) atoms. The van der Waals surface area contributed by atoms with Crippen molar-refractivity contribution in [2.24, 2.45) is 11.8 Å². The fraction of sp³-hybridized carbons (Fsp3) is 0.548. The molecule has 3 rings (SSSR count). The minimum absolute atomic E-state index is 0. The standard InChI is InChI=1S/C31H41FN2O3.ClH/c1-23(2)31(22-33,26-11-14-28(36-3)29(21-26)37-4)17-7-5-6-8-18-34-19-15-25(16-20-34)30(35)24-9-12-27(32)13-10-24;/h9-14,21,23,25H,5-8,15-20H2,1-4H3;1H. The number of nitrogens with zero attached hydrogens (tertiary/aromatic N) is 2. The molecule has 0 bridgehead atoms. The molecule has 1 fully saturated rings. The van der Waals surface area contributed by atoms with Gasteiger partial charge >= 0.3 is 0 Å². The SMILES string of the molecule is COc1ccc(C(C#N)(CCCCCCN2CCC(C(=O)c3ccc(F)cc3)CC2)C(C)C)cc1OC.Cl. The van der Waals surface area contributed by atoms with E-state index in [1.165, 1.54) is 12.1 Å². The summed E-state index contributed by atoms with van der Waals surface area (Å²) in [6.07, 6.45) is 6.86. The summed E-state index contributed by atoms with van der Waals surface area (Å²) in [6.45, 7) is 7.14. The van der Waals surface area contributed by atoms with Gasteiger partial charge in [-0.1, -0.05) is 39.2 Å². The average Bonchev–Trinajstić information content (AvgIpc) is 2.92. The van der Waals surface area contributed by atoms with Crippen LogP contribution in [0.3, 0.4) is 0 Å². The van der Waals surface area contributed by atoms with Crippen molar-refractivity contribution >= 4 is 18.2 Å². The van der Waals surface area contributed by atoms with Gasteiger partial charge in [0.05, 0.1) is 25.7 Å². The molecule has 208 valence electrons. The first kappa shape index (κ1) is 31.6. The summed E-state index contributed by atoms with van der Waals surface area (Å²) in [7, 11) is 3.24. The van der Waals surface area contributed by atoms with Crippen LogP contribution in [0, 0.1) is 29.0 Å². The van der Waals surface area contributed by atoms with Gasteiger partial charge in [0.1, 0.15) is 5.82 Å². The lowest BCUT2D eigenvalue weighted by molar-refractivity contribution is 0.0838. The molecule has 0 spiro atoms. The number of piperidine rings is 1. The van der Waals surface area contributed by atoms with Gasteiger partial charge in [0, 0.05) is 11.5 Å². The highest BCUT2D eigenvalue weighted by molar-refractivity contribution is 5.97. The van der Waals surface area contributed by atoms with Crippen molar-refractivity contribution in [2.45, 2.75) is 64.2 Å². The topological polar surface area (TPSA) is 62.6 Å². The number of Topliss-reactive ketones (excluding diaryl/α,β-unsaturated/α-hetero) is 1. The molecular weight excluding hydrogens is 503 g/mol. The fourth-order valence-electron chi connectivity index (χ4n) is 5.49. The van der Waals surface area contributed by atoms with Gasteiger partial charge in [0.15, 0.2) is 17.3 Å². The Morgan fingerprint density at radius 1 is 1.03 bits per heavy atom. The highest BCUT2D eigenvalue weighted by atomic mass is 35.5. The fourth-order valence-corrected chi connectivity index (χ4v) is 5.49. The van der Waals surface area contributed by atoms with Crippen LogP contribution in [0.4, 0.5) is 4.39 Å². The summed E-state index contributed by atoms with van der Waals surface area (Å²) in [6, 6.07) is 14.4. The van der Waals surface area contributed by atoms with E-state index in [0.29, 0.717) is 17.1 Å². The van der Waals surface area contributed by atoms with Crippen molar-refractivity contribution in [3.8, 4) is 17.6 Å². The predicted octanol–water partition coefficient (Wildman–Crippen LogP) is 7.23. The van der Waals surface area contributed by atoms with Crippen molar-refractivity contribution in [2.75, 3.05) is 33.9 Å². The molecule has 0 amide bonds. The third-order valence-electron chi connectivity index (χ3n) is 7.97. The molecule has 1 aliphatic rings. The molecule has 1 saturated heterocycles. The van der Waals surface area contributed by atoms with Crippen molar-refractivity contribution in [3.05, 3.63) is 59.4 Å². The number of hydrogen-bond donors (Lipinski definition) is 0. The number of benzene rings is 2. The minimum atomic E-state index is -0.557. The van der Waals surface area contributed by atoms with E-state index in [0.717, 1.165) is 70.1 Å². The van der Waals surface area contributed by atoms with E-state index >= 15 is 0 Å². The maximum atomic E-state index is 13.1. The van der Waals surface area contributed by atoms with Gasteiger partial charge in [0.2, 0.25) is 0 Å². The number of ether oxygens (including phenoxy) is 2. The summed E-state index contributed by atoms with van der Waals surface area (Å²) >= 11 is 0. The first-order valence-corrected chi connectivity index (χ1v) is 13.5. The van der Waals surface area contributed by atoms with Crippen LogP contribution in [-0.4, -0.2) is 44.5 Å². The first-order chi connectivity index (χ1) is 17.8. The molecule has 0 radical (unpaired) electrons. The Balaban J connectivity index is 0.00000507. The molecule has 2 aromatic carbocycles. The van der Waals surface area contributed by atoms with Gasteiger partial charge in [-0.2, -0.15) is 5.26 Å². The van der Waals surface area contributed by atoms with Crippen molar-refractivity contribution < 1.29 is 18.7 Å². The van der Waals surface area contributed by atoms with Gasteiger partial charge in [-0.25, -0.2) is 4.39 Å². The van der Waals surface area contributed by atoms with E-state index in [1.807, 2.05) is 18.2 Å². The zero-order valence-electron chi connectivity index (χ0n) is 23.2. The lowest BCUT2D eigenvalue weighted by Gasteiger charge is -2.32. The maximum absolute atomic E-state index is 13.1. The van der Waals surface area contributed by atoms with Gasteiger partial charge in [-0.15, -0.1) is 12.4 Å². The second-order valence-corrected chi connectivity index (χ2v) is 10.5. The summed E-state index contributed by atoms with van der Waals surface area (Å²) < 4.78 is 24.0. The van der Waals surface area contributed by atoms with Crippen molar-refractivity contribution in [3.63, 3.8) is 0 Å². The second-order valence-electron chi connectivity index (χ2n) is 10.5. The second kappa shape index (κ2) is 15.1. The number of rotatable bonds is 13. The van der Waals surface area contributed by atoms with E-state index in [9.17, 15) is 14.4 Å². The number of likely N-dealkylation sites (tertiary alicyclic amines) is 1. The molecule has 7 heteroatoms. The van der Waals surface area contributed by atoms with E-state index in [1.54, 1.807) is 26.4 Å². The van der Waals surface area contributed by atoms with Crippen molar-refractivity contribution in [1.29, 1.82) is 5.26 Å². The quantitative estimate of drug-likeness (QED) is 0.197. The van der Waals surface area contributed by atoms with Gasteiger partial charge in [-0.05, 0) is 93.2 Å². The summed E-state index contributed by atoms with van der Waals surface area (Å²) in [5.41, 5.74) is 1.04.